The molecule has 2 aromatic carbocycles. The molecule has 9 nitrogen and oxygen atoms in total. The monoisotopic (exact) mass is 462 g/mol. The quantitative estimate of drug-likeness (QED) is 0.597. The van der Waals surface area contributed by atoms with Crippen LogP contribution >= 0.6 is 11.6 Å². The van der Waals surface area contributed by atoms with E-state index in [1.807, 2.05) is 6.07 Å². The summed E-state index contributed by atoms with van der Waals surface area (Å²) in [6, 6.07) is 11.1. The van der Waals surface area contributed by atoms with Crippen LogP contribution in [0.3, 0.4) is 0 Å². The number of nitrogens with one attached hydrogen (secondary N) is 2. The first kappa shape index (κ1) is 21.3. The molecule has 2 heterocycles. The van der Waals surface area contributed by atoms with Gasteiger partial charge in [-0.1, -0.05) is 29.8 Å². The van der Waals surface area contributed by atoms with Crippen molar-refractivity contribution in [2.45, 2.75) is 11.3 Å². The van der Waals surface area contributed by atoms with Gasteiger partial charge in [0.15, 0.2) is 0 Å². The van der Waals surface area contributed by atoms with Gasteiger partial charge in [0.05, 0.1) is 22.2 Å². The van der Waals surface area contributed by atoms with Gasteiger partial charge < -0.3 is 9.88 Å². The number of aromatic nitrogens is 2. The van der Waals surface area contributed by atoms with Crippen LogP contribution < -0.4 is 11.2 Å². The van der Waals surface area contributed by atoms with Crippen molar-refractivity contribution in [1.29, 1.82) is 0 Å². The van der Waals surface area contributed by atoms with Crippen LogP contribution in [0.5, 0.6) is 0 Å². The largest absolute Gasteiger partial charge is 0.340 e. The Bertz CT molecular complexity index is 1370. The summed E-state index contributed by atoms with van der Waals surface area (Å²) in [4.78, 5) is 42.1. The van der Waals surface area contributed by atoms with Gasteiger partial charge in [0.1, 0.15) is 0 Å². The number of fused-ring (bicyclic) bond motifs is 1. The number of piperazine rings is 1. The summed E-state index contributed by atoms with van der Waals surface area (Å²) < 4.78 is 27.4. The fourth-order valence-corrected chi connectivity index (χ4v) is 5.20. The van der Waals surface area contributed by atoms with E-state index in [9.17, 15) is 22.8 Å². The molecule has 162 valence electrons. The SMILES string of the molecule is O=C(Cc1ccccc1Cl)N1CCN(S(=O)(=O)c2ccc3[nH]c(=O)[nH]c(=O)c3c2)CC1. The molecule has 3 aromatic rings. The fourth-order valence-electron chi connectivity index (χ4n) is 3.55. The van der Waals surface area contributed by atoms with Crippen LogP contribution in [0, 0.1) is 0 Å². The lowest BCUT2D eigenvalue weighted by atomic mass is 10.1. The number of hydrogen-bond acceptors (Lipinski definition) is 5. The lowest BCUT2D eigenvalue weighted by molar-refractivity contribution is -0.131. The minimum atomic E-state index is -3.87. The van der Waals surface area contributed by atoms with Gasteiger partial charge in [-0.3, -0.25) is 14.6 Å². The van der Waals surface area contributed by atoms with E-state index in [2.05, 4.69) is 9.97 Å². The molecule has 31 heavy (non-hydrogen) atoms. The summed E-state index contributed by atoms with van der Waals surface area (Å²) in [5.74, 6) is -0.119. The van der Waals surface area contributed by atoms with Crippen LogP contribution in [-0.2, 0) is 21.2 Å². The van der Waals surface area contributed by atoms with Crippen LogP contribution in [0.15, 0.2) is 56.9 Å². The summed E-state index contributed by atoms with van der Waals surface area (Å²) in [7, 11) is -3.87. The zero-order chi connectivity index (χ0) is 22.2. The fraction of sp³-hybridized carbons (Fsp3) is 0.250. The average molecular weight is 463 g/mol. The predicted octanol–water partition coefficient (Wildman–Crippen LogP) is 0.945. The second-order valence-electron chi connectivity index (χ2n) is 7.17. The average Bonchev–Trinajstić information content (AvgIpc) is 2.75. The van der Waals surface area contributed by atoms with E-state index >= 15 is 0 Å². The van der Waals surface area contributed by atoms with Gasteiger partial charge in [-0.25, -0.2) is 13.2 Å². The number of sulfonamides is 1. The summed E-state index contributed by atoms with van der Waals surface area (Å²) in [6.07, 6.45) is 0.151. The van der Waals surface area contributed by atoms with Crippen molar-refractivity contribution in [2.24, 2.45) is 0 Å². The van der Waals surface area contributed by atoms with Crippen molar-refractivity contribution in [3.63, 3.8) is 0 Å². The Labute approximate surface area is 182 Å². The highest BCUT2D eigenvalue weighted by atomic mass is 35.5. The topological polar surface area (TPSA) is 123 Å². The molecule has 0 saturated carbocycles. The Morgan fingerprint density at radius 3 is 2.42 bits per heavy atom. The molecule has 1 aromatic heterocycles. The number of H-pyrrole nitrogens is 2. The van der Waals surface area contributed by atoms with Gasteiger partial charge in [0.25, 0.3) is 5.56 Å². The Hall–Kier alpha value is -2.95. The van der Waals surface area contributed by atoms with Crippen molar-refractivity contribution >= 4 is 38.4 Å². The molecule has 1 fully saturated rings. The Morgan fingerprint density at radius 2 is 1.71 bits per heavy atom. The molecule has 1 amide bonds. The number of carbonyl (C=O) groups excluding carboxylic acids is 1. The van der Waals surface area contributed by atoms with Crippen LogP contribution in [0.4, 0.5) is 0 Å². The third-order valence-electron chi connectivity index (χ3n) is 5.24. The molecule has 1 aliphatic rings. The molecule has 0 aliphatic carbocycles. The van der Waals surface area contributed by atoms with Crippen molar-refractivity contribution in [2.75, 3.05) is 26.2 Å². The first-order valence-corrected chi connectivity index (χ1v) is 11.4. The second kappa shape index (κ2) is 8.29. The third-order valence-corrected chi connectivity index (χ3v) is 7.50. The zero-order valence-corrected chi connectivity index (χ0v) is 17.9. The van der Waals surface area contributed by atoms with Crippen LogP contribution in [0.1, 0.15) is 5.56 Å². The maximum atomic E-state index is 13.0. The van der Waals surface area contributed by atoms with E-state index < -0.39 is 21.3 Å². The van der Waals surface area contributed by atoms with Crippen molar-refractivity contribution in [3.05, 3.63) is 73.9 Å². The van der Waals surface area contributed by atoms with Crippen LogP contribution in [0.25, 0.3) is 10.9 Å². The maximum absolute atomic E-state index is 13.0. The molecule has 0 bridgehead atoms. The molecule has 11 heteroatoms. The van der Waals surface area contributed by atoms with Gasteiger partial charge in [-0.05, 0) is 29.8 Å². The number of benzene rings is 2. The van der Waals surface area contributed by atoms with Crippen molar-refractivity contribution in [1.82, 2.24) is 19.2 Å². The van der Waals surface area contributed by atoms with E-state index in [0.717, 1.165) is 5.56 Å². The highest BCUT2D eigenvalue weighted by molar-refractivity contribution is 7.89. The highest BCUT2D eigenvalue weighted by Gasteiger charge is 2.30. The van der Waals surface area contributed by atoms with Crippen molar-refractivity contribution < 1.29 is 13.2 Å². The van der Waals surface area contributed by atoms with Gasteiger partial charge in [-0.15, -0.1) is 0 Å². The second-order valence-corrected chi connectivity index (χ2v) is 9.51. The van der Waals surface area contributed by atoms with Crippen LogP contribution in [-0.4, -0.2) is 59.7 Å². The smallest absolute Gasteiger partial charge is 0.326 e. The lowest BCUT2D eigenvalue weighted by Gasteiger charge is -2.34. The van der Waals surface area contributed by atoms with E-state index in [1.165, 1.54) is 22.5 Å². The molecule has 2 N–H and O–H groups in total. The molecule has 1 saturated heterocycles. The number of hydrogen-bond donors (Lipinski definition) is 2. The zero-order valence-electron chi connectivity index (χ0n) is 16.3. The van der Waals surface area contributed by atoms with Gasteiger partial charge in [0.2, 0.25) is 15.9 Å². The van der Waals surface area contributed by atoms with Crippen molar-refractivity contribution in [3.8, 4) is 0 Å². The standard InChI is InChI=1S/C20H19ClN4O5S/c21-16-4-2-1-3-13(16)11-18(26)24-7-9-25(10-8-24)31(29,30)14-5-6-17-15(12-14)19(27)23-20(28)22-17/h1-6,12H,7-11H2,(H2,22,23,27,28). The number of carbonyl (C=O) groups is 1. The molecule has 1 aliphatic heterocycles. The number of amides is 1. The summed E-state index contributed by atoms with van der Waals surface area (Å²) in [6.45, 7) is 0.779. The predicted molar refractivity (Wildman–Crippen MR) is 116 cm³/mol. The summed E-state index contributed by atoms with van der Waals surface area (Å²) >= 11 is 6.12. The number of rotatable bonds is 4. The Balaban J connectivity index is 1.48. The number of nitrogens with zero attached hydrogens (tertiary/aromatic N) is 2. The molecule has 0 spiro atoms. The minimum Gasteiger partial charge on any atom is -0.340 e. The third kappa shape index (κ3) is 4.27. The molecule has 0 radical (unpaired) electrons. The lowest BCUT2D eigenvalue weighted by Crippen LogP contribution is -2.50. The van der Waals surface area contributed by atoms with E-state index in [4.69, 9.17) is 11.6 Å². The molecule has 0 unspecified atom stereocenters. The normalized spacial score (nSPS) is 15.3. The van der Waals surface area contributed by atoms with Gasteiger partial charge >= 0.3 is 5.69 Å². The number of aromatic amines is 2. The van der Waals surface area contributed by atoms with Gasteiger partial charge in [0, 0.05) is 31.2 Å². The van der Waals surface area contributed by atoms with E-state index in [-0.39, 0.29) is 54.3 Å². The maximum Gasteiger partial charge on any atom is 0.326 e. The number of halogens is 1. The molecule has 4 rings (SSSR count). The molecular weight excluding hydrogens is 444 g/mol. The van der Waals surface area contributed by atoms with Gasteiger partial charge in [-0.2, -0.15) is 4.31 Å². The summed E-state index contributed by atoms with van der Waals surface area (Å²) in [5, 5.41) is 0.596. The first-order chi connectivity index (χ1) is 14.8. The minimum absolute atomic E-state index is 0.0478. The highest BCUT2D eigenvalue weighted by Crippen LogP contribution is 2.21. The van der Waals surface area contributed by atoms with E-state index in [0.29, 0.717) is 5.02 Å². The molecular formula is C20H19ClN4O5S. The Kier molecular flexibility index (Phi) is 5.69. The molecule has 0 atom stereocenters. The first-order valence-electron chi connectivity index (χ1n) is 9.53. The Morgan fingerprint density at radius 1 is 1.00 bits per heavy atom. The van der Waals surface area contributed by atoms with Crippen LogP contribution in [0.2, 0.25) is 5.02 Å². The summed E-state index contributed by atoms with van der Waals surface area (Å²) in [5.41, 5.74) is -0.345. The van der Waals surface area contributed by atoms with E-state index in [1.54, 1.807) is 23.1 Å².